The molecular formula is C11H16ClN3O2S. The fraction of sp³-hybridized carbons (Fsp3) is 0.455. The van der Waals surface area contributed by atoms with Gasteiger partial charge in [0.2, 0.25) is 0 Å². The summed E-state index contributed by atoms with van der Waals surface area (Å²) in [5.74, 6) is 0.271. The topological polar surface area (TPSA) is 71.1 Å². The van der Waals surface area contributed by atoms with E-state index in [4.69, 9.17) is 11.6 Å². The van der Waals surface area contributed by atoms with E-state index in [0.29, 0.717) is 17.9 Å². The van der Waals surface area contributed by atoms with E-state index in [0.717, 1.165) is 0 Å². The average Bonchev–Trinajstić information content (AvgIpc) is 2.34. The van der Waals surface area contributed by atoms with Crippen LogP contribution in [0.5, 0.6) is 0 Å². The number of rotatable bonds is 5. The summed E-state index contributed by atoms with van der Waals surface area (Å²) in [6, 6.07) is 3.10. The van der Waals surface area contributed by atoms with Crippen molar-refractivity contribution in [1.82, 2.24) is 10.3 Å². The van der Waals surface area contributed by atoms with Crippen LogP contribution < -0.4 is 10.6 Å². The van der Waals surface area contributed by atoms with E-state index in [9.17, 15) is 9.00 Å². The van der Waals surface area contributed by atoms with Gasteiger partial charge in [-0.15, -0.1) is 0 Å². The second-order valence-electron chi connectivity index (χ2n) is 3.83. The minimum atomic E-state index is -0.959. The third-order valence-electron chi connectivity index (χ3n) is 2.43. The smallest absolute Gasteiger partial charge is 0.251 e. The molecule has 0 fully saturated rings. The zero-order valence-electron chi connectivity index (χ0n) is 10.5. The minimum Gasteiger partial charge on any atom is -0.373 e. The fourth-order valence-corrected chi connectivity index (χ4v) is 1.74. The lowest BCUT2D eigenvalue weighted by Crippen LogP contribution is -2.32. The van der Waals surface area contributed by atoms with Crippen molar-refractivity contribution in [2.75, 3.05) is 25.2 Å². The first-order chi connectivity index (χ1) is 8.43. The van der Waals surface area contributed by atoms with Gasteiger partial charge in [0, 0.05) is 41.5 Å². The molecule has 0 spiro atoms. The van der Waals surface area contributed by atoms with Crippen LogP contribution in [0.2, 0.25) is 5.15 Å². The second kappa shape index (κ2) is 6.70. The van der Waals surface area contributed by atoms with Crippen LogP contribution in [0.1, 0.15) is 17.3 Å². The number of hydrogen-bond donors (Lipinski definition) is 2. The van der Waals surface area contributed by atoms with Gasteiger partial charge in [-0.1, -0.05) is 11.6 Å². The van der Waals surface area contributed by atoms with Crippen LogP contribution in [0.4, 0.5) is 5.82 Å². The number of carbonyl (C=O) groups is 1. The SMILES string of the molecule is CNc1cc(C(=O)NCC(C)S(C)=O)cc(Cl)n1. The van der Waals surface area contributed by atoms with E-state index in [1.54, 1.807) is 19.4 Å². The van der Waals surface area contributed by atoms with Gasteiger partial charge in [0.1, 0.15) is 11.0 Å². The third-order valence-corrected chi connectivity index (χ3v) is 3.92. The number of nitrogens with one attached hydrogen (secondary N) is 2. The quantitative estimate of drug-likeness (QED) is 0.801. The molecule has 0 saturated carbocycles. The van der Waals surface area contributed by atoms with Crippen LogP contribution in [0.25, 0.3) is 0 Å². The van der Waals surface area contributed by atoms with Gasteiger partial charge in [-0.25, -0.2) is 4.98 Å². The zero-order valence-corrected chi connectivity index (χ0v) is 12.1. The Kier molecular flexibility index (Phi) is 5.55. The molecule has 1 aromatic rings. The molecule has 0 aliphatic carbocycles. The van der Waals surface area contributed by atoms with Crippen molar-refractivity contribution in [2.45, 2.75) is 12.2 Å². The average molecular weight is 290 g/mol. The molecule has 2 N–H and O–H groups in total. The molecule has 1 rings (SSSR count). The molecule has 0 aliphatic heterocycles. The third kappa shape index (κ3) is 4.27. The molecule has 0 saturated heterocycles. The molecule has 2 atom stereocenters. The lowest BCUT2D eigenvalue weighted by molar-refractivity contribution is 0.0954. The van der Waals surface area contributed by atoms with E-state index in [-0.39, 0.29) is 16.3 Å². The van der Waals surface area contributed by atoms with Crippen molar-refractivity contribution in [3.05, 3.63) is 22.8 Å². The van der Waals surface area contributed by atoms with Crippen LogP contribution in [0.3, 0.4) is 0 Å². The molecule has 0 radical (unpaired) electrons. The van der Waals surface area contributed by atoms with Crippen molar-refractivity contribution < 1.29 is 9.00 Å². The Labute approximate surface area is 114 Å². The van der Waals surface area contributed by atoms with Crippen molar-refractivity contribution in [1.29, 1.82) is 0 Å². The van der Waals surface area contributed by atoms with Crippen LogP contribution in [0, 0.1) is 0 Å². The van der Waals surface area contributed by atoms with Gasteiger partial charge < -0.3 is 10.6 Å². The lowest BCUT2D eigenvalue weighted by atomic mass is 10.2. The number of amides is 1. The van der Waals surface area contributed by atoms with Gasteiger partial charge in [0.15, 0.2) is 0 Å². The summed E-state index contributed by atoms with van der Waals surface area (Å²) in [6.07, 6.45) is 1.61. The Morgan fingerprint density at radius 2 is 2.22 bits per heavy atom. The zero-order chi connectivity index (χ0) is 13.7. The number of anilines is 1. The van der Waals surface area contributed by atoms with Crippen LogP contribution in [-0.2, 0) is 10.8 Å². The number of hydrogen-bond acceptors (Lipinski definition) is 4. The maximum atomic E-state index is 11.9. The molecule has 1 amide bonds. The summed E-state index contributed by atoms with van der Waals surface area (Å²) in [6.45, 7) is 2.17. The normalized spacial score (nSPS) is 13.8. The molecule has 2 unspecified atom stereocenters. The Morgan fingerprint density at radius 1 is 1.56 bits per heavy atom. The Hall–Kier alpha value is -1.14. The van der Waals surface area contributed by atoms with Gasteiger partial charge in [-0.2, -0.15) is 0 Å². The highest BCUT2D eigenvalue weighted by atomic mass is 35.5. The predicted octanol–water partition coefficient (Wildman–Crippen LogP) is 1.27. The number of aromatic nitrogens is 1. The van der Waals surface area contributed by atoms with E-state index < -0.39 is 10.8 Å². The lowest BCUT2D eigenvalue weighted by Gasteiger charge is -2.10. The van der Waals surface area contributed by atoms with E-state index in [1.807, 2.05) is 6.92 Å². The largest absolute Gasteiger partial charge is 0.373 e. The molecule has 100 valence electrons. The maximum Gasteiger partial charge on any atom is 0.251 e. The minimum absolute atomic E-state index is 0.0879. The Morgan fingerprint density at radius 3 is 2.78 bits per heavy atom. The summed E-state index contributed by atoms with van der Waals surface area (Å²) in [4.78, 5) is 15.9. The Balaban J connectivity index is 2.72. The first kappa shape index (κ1) is 14.9. The van der Waals surface area contributed by atoms with Gasteiger partial charge in [-0.05, 0) is 19.1 Å². The second-order valence-corrected chi connectivity index (χ2v) is 6.02. The first-order valence-electron chi connectivity index (χ1n) is 5.39. The summed E-state index contributed by atoms with van der Waals surface area (Å²) >= 11 is 5.81. The summed E-state index contributed by atoms with van der Waals surface area (Å²) in [7, 11) is 0.738. The van der Waals surface area contributed by atoms with Crippen LogP contribution in [-0.4, -0.2) is 40.2 Å². The molecule has 18 heavy (non-hydrogen) atoms. The van der Waals surface area contributed by atoms with Gasteiger partial charge in [0.25, 0.3) is 5.91 Å². The van der Waals surface area contributed by atoms with Gasteiger partial charge in [0.05, 0.1) is 0 Å². The molecule has 0 bridgehead atoms. The molecule has 0 aliphatic rings. The first-order valence-corrected chi connectivity index (χ1v) is 7.39. The number of nitrogens with zero attached hydrogens (tertiary/aromatic N) is 1. The maximum absolute atomic E-state index is 11.9. The van der Waals surface area contributed by atoms with Gasteiger partial charge in [-0.3, -0.25) is 9.00 Å². The van der Waals surface area contributed by atoms with E-state index in [2.05, 4.69) is 15.6 Å². The molecule has 0 aromatic carbocycles. The molecule has 1 aromatic heterocycles. The predicted molar refractivity (Wildman–Crippen MR) is 74.7 cm³/mol. The van der Waals surface area contributed by atoms with Crippen molar-refractivity contribution in [3.63, 3.8) is 0 Å². The molecule has 5 nitrogen and oxygen atoms in total. The number of pyridine rings is 1. The standard InChI is InChI=1S/C11H16ClN3O2S/c1-7(18(3)17)6-14-11(16)8-4-9(12)15-10(5-8)13-2/h4-5,7H,6H2,1-3H3,(H,13,15)(H,14,16). The highest BCUT2D eigenvalue weighted by molar-refractivity contribution is 7.84. The Bertz CT molecular complexity index is 468. The van der Waals surface area contributed by atoms with Crippen molar-refractivity contribution >= 4 is 34.1 Å². The van der Waals surface area contributed by atoms with E-state index >= 15 is 0 Å². The van der Waals surface area contributed by atoms with Crippen LogP contribution in [0.15, 0.2) is 12.1 Å². The fourth-order valence-electron chi connectivity index (χ4n) is 1.21. The molecular weight excluding hydrogens is 274 g/mol. The summed E-state index contributed by atoms with van der Waals surface area (Å²) in [5.41, 5.74) is 0.424. The highest BCUT2D eigenvalue weighted by Crippen LogP contribution is 2.14. The van der Waals surface area contributed by atoms with Gasteiger partial charge >= 0.3 is 0 Å². The molecule has 1 heterocycles. The van der Waals surface area contributed by atoms with Crippen LogP contribution >= 0.6 is 11.6 Å². The summed E-state index contributed by atoms with van der Waals surface area (Å²) < 4.78 is 11.2. The van der Waals surface area contributed by atoms with Crippen molar-refractivity contribution in [3.8, 4) is 0 Å². The monoisotopic (exact) mass is 289 g/mol. The van der Waals surface area contributed by atoms with E-state index in [1.165, 1.54) is 6.07 Å². The number of carbonyl (C=O) groups excluding carboxylic acids is 1. The molecule has 7 heteroatoms. The highest BCUT2D eigenvalue weighted by Gasteiger charge is 2.11. The van der Waals surface area contributed by atoms with Crippen molar-refractivity contribution in [2.24, 2.45) is 0 Å². The summed E-state index contributed by atoms with van der Waals surface area (Å²) in [5, 5.41) is 5.70. The number of halogens is 1.